The Morgan fingerprint density at radius 3 is 2.67 bits per heavy atom. The van der Waals surface area contributed by atoms with Crippen LogP contribution in [0.3, 0.4) is 0 Å². The highest BCUT2D eigenvalue weighted by molar-refractivity contribution is 6.48. The quantitative estimate of drug-likeness (QED) is 0.937. The molecule has 21 heavy (non-hydrogen) atoms. The van der Waals surface area contributed by atoms with Crippen LogP contribution in [0, 0.1) is 0 Å². The van der Waals surface area contributed by atoms with E-state index in [0.717, 1.165) is 42.2 Å². The molecule has 1 aromatic heterocycles. The largest absolute Gasteiger partial charge is 0.508 e. The van der Waals surface area contributed by atoms with Gasteiger partial charge in [-0.1, -0.05) is 13.3 Å². The van der Waals surface area contributed by atoms with Crippen molar-refractivity contribution in [2.45, 2.75) is 33.1 Å². The summed E-state index contributed by atoms with van der Waals surface area (Å²) in [6.45, 7) is 4.06. The predicted octanol–water partition coefficient (Wildman–Crippen LogP) is 2.68. The molecule has 1 N–H and O–H groups in total. The molecule has 0 saturated carbocycles. The Balaban J connectivity index is 1.95. The number of aryl methyl sites for hydroxylation is 1. The lowest BCUT2D eigenvalue weighted by Gasteiger charge is -1.98. The summed E-state index contributed by atoms with van der Waals surface area (Å²) in [6.07, 6.45) is 3.04. The number of phenols is 1. The van der Waals surface area contributed by atoms with Crippen molar-refractivity contribution in [3.05, 3.63) is 35.9 Å². The normalized spacial score (nSPS) is 15.3. The smallest absolute Gasteiger partial charge is 0.205 e. The fourth-order valence-electron chi connectivity index (χ4n) is 2.20. The highest BCUT2D eigenvalue weighted by Crippen LogP contribution is 2.21. The zero-order valence-corrected chi connectivity index (χ0v) is 12.1. The Kier molecular flexibility index (Phi) is 3.51. The fourth-order valence-corrected chi connectivity index (χ4v) is 2.20. The highest BCUT2D eigenvalue weighted by atomic mass is 16.3. The van der Waals surface area contributed by atoms with Crippen LogP contribution in [0.2, 0.25) is 0 Å². The molecule has 0 aliphatic carbocycles. The molecule has 108 valence electrons. The van der Waals surface area contributed by atoms with Gasteiger partial charge in [0.05, 0.1) is 11.4 Å². The fraction of sp³-hybridized carbons (Fsp3) is 0.333. The Morgan fingerprint density at radius 1 is 1.19 bits per heavy atom. The summed E-state index contributed by atoms with van der Waals surface area (Å²) in [5.74, 6) is 1.79. The number of hydrogen-bond donors (Lipinski definition) is 1. The van der Waals surface area contributed by atoms with Gasteiger partial charge in [0.2, 0.25) is 5.82 Å². The second-order valence-corrected chi connectivity index (χ2v) is 5.02. The van der Waals surface area contributed by atoms with E-state index < -0.39 is 0 Å². The molecule has 0 amide bonds. The van der Waals surface area contributed by atoms with Crippen molar-refractivity contribution in [1.82, 2.24) is 14.9 Å². The summed E-state index contributed by atoms with van der Waals surface area (Å²) in [5, 5.41) is 22.2. The summed E-state index contributed by atoms with van der Waals surface area (Å²) < 4.78 is 1.78. The standard InChI is InChI=1S/C15H17N5O/c1-3-4-5-13-17-18-15-14(10(2)19-20(13)15)16-11-6-8-12(21)9-7-11/h6-9,21H,3-5H2,1-2H3. The van der Waals surface area contributed by atoms with Crippen LogP contribution in [0.25, 0.3) is 0 Å². The van der Waals surface area contributed by atoms with E-state index in [4.69, 9.17) is 0 Å². The molecule has 0 bridgehead atoms. The minimum absolute atomic E-state index is 0.223. The number of aliphatic imine (C=N–C) groups is 1. The molecule has 0 radical (unpaired) electrons. The van der Waals surface area contributed by atoms with Gasteiger partial charge in [0.1, 0.15) is 11.5 Å². The predicted molar refractivity (Wildman–Crippen MR) is 81.4 cm³/mol. The van der Waals surface area contributed by atoms with Crippen LogP contribution in [0.15, 0.2) is 34.4 Å². The van der Waals surface area contributed by atoms with Crippen LogP contribution in [-0.4, -0.2) is 31.4 Å². The summed E-state index contributed by atoms with van der Waals surface area (Å²) in [5.41, 5.74) is 2.31. The van der Waals surface area contributed by atoms with Crippen LogP contribution in [0.5, 0.6) is 5.75 Å². The van der Waals surface area contributed by atoms with Crippen LogP contribution >= 0.6 is 0 Å². The number of aromatic nitrogens is 3. The molecular weight excluding hydrogens is 266 g/mol. The molecule has 1 aliphatic heterocycles. The van der Waals surface area contributed by atoms with Gasteiger partial charge in [-0.2, -0.15) is 9.78 Å². The van der Waals surface area contributed by atoms with Gasteiger partial charge in [0.25, 0.3) is 0 Å². The summed E-state index contributed by atoms with van der Waals surface area (Å²) in [7, 11) is 0. The van der Waals surface area contributed by atoms with Crippen molar-refractivity contribution in [3.8, 4) is 5.75 Å². The van der Waals surface area contributed by atoms with E-state index in [2.05, 4.69) is 27.2 Å². The van der Waals surface area contributed by atoms with E-state index in [1.165, 1.54) is 0 Å². The minimum atomic E-state index is 0.223. The Bertz CT molecular complexity index is 712. The van der Waals surface area contributed by atoms with Crippen molar-refractivity contribution < 1.29 is 5.11 Å². The molecule has 6 heteroatoms. The van der Waals surface area contributed by atoms with Gasteiger partial charge in [0, 0.05) is 6.42 Å². The van der Waals surface area contributed by atoms with Crippen molar-refractivity contribution in [3.63, 3.8) is 0 Å². The Hall–Kier alpha value is -2.50. The Morgan fingerprint density at radius 2 is 1.95 bits per heavy atom. The number of benzene rings is 1. The molecule has 3 rings (SSSR count). The zero-order valence-electron chi connectivity index (χ0n) is 12.1. The molecule has 0 saturated heterocycles. The molecule has 2 heterocycles. The lowest BCUT2D eigenvalue weighted by atomic mass is 10.2. The maximum atomic E-state index is 9.31. The lowest BCUT2D eigenvalue weighted by molar-refractivity contribution is 0.475. The monoisotopic (exact) mass is 283 g/mol. The van der Waals surface area contributed by atoms with Gasteiger partial charge in [0.15, 0.2) is 5.82 Å². The minimum Gasteiger partial charge on any atom is -0.508 e. The molecule has 0 fully saturated rings. The average molecular weight is 283 g/mol. The number of hydrogen-bond acceptors (Lipinski definition) is 5. The van der Waals surface area contributed by atoms with Gasteiger partial charge in [-0.05, 0) is 37.6 Å². The summed E-state index contributed by atoms with van der Waals surface area (Å²) in [4.78, 5) is 4.57. The third-order valence-corrected chi connectivity index (χ3v) is 3.35. The third-order valence-electron chi connectivity index (χ3n) is 3.35. The van der Waals surface area contributed by atoms with Gasteiger partial charge >= 0.3 is 0 Å². The van der Waals surface area contributed by atoms with E-state index in [1.54, 1.807) is 28.9 Å². The second kappa shape index (κ2) is 5.47. The van der Waals surface area contributed by atoms with Crippen molar-refractivity contribution >= 4 is 17.1 Å². The van der Waals surface area contributed by atoms with Crippen molar-refractivity contribution in [1.29, 1.82) is 0 Å². The molecule has 0 atom stereocenters. The number of fused-ring (bicyclic) bond motifs is 1. The maximum absolute atomic E-state index is 9.31. The van der Waals surface area contributed by atoms with Crippen LogP contribution < -0.4 is 0 Å². The first kappa shape index (κ1) is 13.5. The van der Waals surface area contributed by atoms with E-state index in [9.17, 15) is 5.11 Å². The van der Waals surface area contributed by atoms with E-state index in [-0.39, 0.29) is 5.75 Å². The number of phenolic OH excluding ortho intramolecular Hbond substituents is 1. The summed E-state index contributed by atoms with van der Waals surface area (Å²) in [6, 6.07) is 6.73. The number of rotatable bonds is 4. The first-order valence-corrected chi connectivity index (χ1v) is 7.07. The second-order valence-electron chi connectivity index (χ2n) is 5.02. The average Bonchev–Trinajstić information content (AvgIpc) is 3.00. The SMILES string of the molecule is CCCCc1nnc2n1N=C(C)C2=Nc1ccc(O)cc1. The van der Waals surface area contributed by atoms with Crippen LogP contribution in [0.1, 0.15) is 38.3 Å². The molecule has 1 aromatic carbocycles. The van der Waals surface area contributed by atoms with E-state index >= 15 is 0 Å². The highest BCUT2D eigenvalue weighted by Gasteiger charge is 2.25. The molecule has 6 nitrogen and oxygen atoms in total. The molecular formula is C15H17N5O. The zero-order chi connectivity index (χ0) is 14.8. The lowest BCUT2D eigenvalue weighted by Crippen LogP contribution is -2.08. The summed E-state index contributed by atoms with van der Waals surface area (Å²) >= 11 is 0. The number of aromatic hydroxyl groups is 1. The van der Waals surface area contributed by atoms with Crippen molar-refractivity contribution in [2.75, 3.05) is 0 Å². The first-order chi connectivity index (χ1) is 10.2. The molecule has 0 spiro atoms. The number of unbranched alkanes of at least 4 members (excludes halogenated alkanes) is 1. The molecule has 1 aliphatic rings. The maximum Gasteiger partial charge on any atom is 0.205 e. The number of nitrogens with zero attached hydrogens (tertiary/aromatic N) is 5. The molecule has 2 aromatic rings. The van der Waals surface area contributed by atoms with Gasteiger partial charge in [-0.25, -0.2) is 4.99 Å². The van der Waals surface area contributed by atoms with Crippen molar-refractivity contribution in [2.24, 2.45) is 10.1 Å². The first-order valence-electron chi connectivity index (χ1n) is 7.07. The third kappa shape index (κ3) is 2.56. The Labute approximate surface area is 122 Å². The van der Waals surface area contributed by atoms with E-state index in [1.807, 2.05) is 6.92 Å². The van der Waals surface area contributed by atoms with Crippen LogP contribution in [0.4, 0.5) is 5.69 Å². The van der Waals surface area contributed by atoms with Gasteiger partial charge < -0.3 is 5.11 Å². The van der Waals surface area contributed by atoms with E-state index in [0.29, 0.717) is 5.82 Å². The topological polar surface area (TPSA) is 75.7 Å². The van der Waals surface area contributed by atoms with Gasteiger partial charge in [-0.15, -0.1) is 10.2 Å². The van der Waals surface area contributed by atoms with Crippen LogP contribution in [-0.2, 0) is 6.42 Å². The molecule has 0 unspecified atom stereocenters. The van der Waals surface area contributed by atoms with Gasteiger partial charge in [-0.3, -0.25) is 0 Å².